The maximum atomic E-state index is 9.22. The van der Waals surface area contributed by atoms with Crippen molar-refractivity contribution in [2.24, 2.45) is 0 Å². The summed E-state index contributed by atoms with van der Waals surface area (Å²) in [4.78, 5) is 4.28. The first kappa shape index (κ1) is 12.1. The molecule has 0 fully saturated rings. The largest absolute Gasteiger partial charge is 0.383 e. The molecule has 0 aliphatic carbocycles. The highest BCUT2D eigenvalue weighted by Gasteiger charge is 2.13. The molecule has 3 nitrogen and oxygen atoms in total. The molecule has 2 rings (SSSR count). The number of benzene rings is 1. The molecule has 1 aromatic heterocycles. The molecule has 0 saturated heterocycles. The summed E-state index contributed by atoms with van der Waals surface area (Å²) >= 11 is 0. The van der Waals surface area contributed by atoms with E-state index in [1.54, 1.807) is 0 Å². The first-order valence-electron chi connectivity index (χ1n) is 5.89. The van der Waals surface area contributed by atoms with Crippen LogP contribution in [-0.2, 0) is 0 Å². The molecule has 0 saturated carbocycles. The zero-order chi connectivity index (χ0) is 13.1. The summed E-state index contributed by atoms with van der Waals surface area (Å²) in [7, 11) is 0. The molecular weight excluding hydrogens is 222 g/mol. The topological polar surface area (TPSA) is 62.7 Å². The summed E-state index contributed by atoms with van der Waals surface area (Å²) in [5.74, 6) is 0.588. The number of nitrogen functional groups attached to an aromatic ring is 1. The molecule has 90 valence electrons. The van der Waals surface area contributed by atoms with Gasteiger partial charge in [-0.1, -0.05) is 44.2 Å². The number of nitriles is 1. The van der Waals surface area contributed by atoms with Crippen molar-refractivity contribution in [1.82, 2.24) is 4.98 Å². The van der Waals surface area contributed by atoms with E-state index in [9.17, 15) is 5.26 Å². The minimum Gasteiger partial charge on any atom is -0.383 e. The van der Waals surface area contributed by atoms with E-state index in [4.69, 9.17) is 5.73 Å². The Hall–Kier alpha value is -2.34. The van der Waals surface area contributed by atoms with Crippen LogP contribution in [0, 0.1) is 11.3 Å². The summed E-state index contributed by atoms with van der Waals surface area (Å²) in [5, 5.41) is 9.22. The second kappa shape index (κ2) is 4.89. The van der Waals surface area contributed by atoms with Crippen molar-refractivity contribution in [2.75, 3.05) is 5.73 Å². The minimum absolute atomic E-state index is 0.280. The van der Waals surface area contributed by atoms with Crippen molar-refractivity contribution in [2.45, 2.75) is 19.8 Å². The van der Waals surface area contributed by atoms with Gasteiger partial charge in [0.25, 0.3) is 0 Å². The Morgan fingerprint density at radius 1 is 1.22 bits per heavy atom. The minimum atomic E-state index is 0.280. The van der Waals surface area contributed by atoms with Crippen molar-refractivity contribution in [1.29, 1.82) is 5.26 Å². The third-order valence-corrected chi connectivity index (χ3v) is 2.86. The van der Waals surface area contributed by atoms with Gasteiger partial charge in [-0.15, -0.1) is 0 Å². The third kappa shape index (κ3) is 2.18. The Balaban J connectivity index is 2.69. The predicted octanol–water partition coefficient (Wildman–Crippen LogP) is 3.33. The number of nitrogens with zero attached hydrogens (tertiary/aromatic N) is 2. The van der Waals surface area contributed by atoms with Gasteiger partial charge in [-0.05, 0) is 17.5 Å². The number of hydrogen-bond donors (Lipinski definition) is 1. The SMILES string of the molecule is CC(C)c1cc(-c2ccccc2)c(C#N)c(N)n1. The van der Waals surface area contributed by atoms with Gasteiger partial charge in [0, 0.05) is 11.3 Å². The number of hydrogen-bond acceptors (Lipinski definition) is 3. The van der Waals surface area contributed by atoms with Crippen molar-refractivity contribution >= 4 is 5.82 Å². The van der Waals surface area contributed by atoms with Crippen LogP contribution in [0.5, 0.6) is 0 Å². The fraction of sp³-hybridized carbons (Fsp3) is 0.200. The highest BCUT2D eigenvalue weighted by molar-refractivity contribution is 5.75. The Morgan fingerprint density at radius 3 is 2.44 bits per heavy atom. The van der Waals surface area contributed by atoms with Crippen LogP contribution in [0.25, 0.3) is 11.1 Å². The van der Waals surface area contributed by atoms with Crippen molar-refractivity contribution in [3.8, 4) is 17.2 Å². The molecule has 0 radical (unpaired) electrons. The lowest BCUT2D eigenvalue weighted by Gasteiger charge is -2.11. The molecule has 0 aliphatic rings. The summed E-state index contributed by atoms with van der Waals surface area (Å²) in [6, 6.07) is 13.9. The Morgan fingerprint density at radius 2 is 1.89 bits per heavy atom. The van der Waals surface area contributed by atoms with E-state index in [0.717, 1.165) is 16.8 Å². The summed E-state index contributed by atoms with van der Waals surface area (Å²) in [6.07, 6.45) is 0. The molecule has 0 spiro atoms. The van der Waals surface area contributed by atoms with Gasteiger partial charge >= 0.3 is 0 Å². The molecule has 0 atom stereocenters. The zero-order valence-corrected chi connectivity index (χ0v) is 10.5. The summed E-state index contributed by atoms with van der Waals surface area (Å²) in [6.45, 7) is 4.12. The Bertz CT molecular complexity index is 595. The molecule has 0 bridgehead atoms. The molecule has 2 aromatic rings. The number of aromatic nitrogens is 1. The second-order valence-electron chi connectivity index (χ2n) is 4.49. The van der Waals surface area contributed by atoms with E-state index >= 15 is 0 Å². The van der Waals surface area contributed by atoms with Crippen LogP contribution in [0.15, 0.2) is 36.4 Å². The molecule has 18 heavy (non-hydrogen) atoms. The highest BCUT2D eigenvalue weighted by atomic mass is 14.8. The van der Waals surface area contributed by atoms with E-state index < -0.39 is 0 Å². The Kier molecular flexibility index (Phi) is 3.29. The van der Waals surface area contributed by atoms with Gasteiger partial charge in [-0.2, -0.15) is 5.26 Å². The molecule has 2 N–H and O–H groups in total. The van der Waals surface area contributed by atoms with Crippen molar-refractivity contribution < 1.29 is 0 Å². The van der Waals surface area contributed by atoms with Crippen LogP contribution in [0.3, 0.4) is 0 Å². The molecule has 0 amide bonds. The number of nitrogens with two attached hydrogens (primary N) is 1. The van der Waals surface area contributed by atoms with Crippen LogP contribution < -0.4 is 5.73 Å². The van der Waals surface area contributed by atoms with E-state index in [1.807, 2.05) is 36.4 Å². The van der Waals surface area contributed by atoms with Crippen LogP contribution in [0.4, 0.5) is 5.82 Å². The summed E-state index contributed by atoms with van der Waals surface area (Å²) in [5.41, 5.74) is 9.08. The molecular formula is C15H15N3. The Labute approximate surface area is 107 Å². The molecule has 3 heteroatoms. The lowest BCUT2D eigenvalue weighted by atomic mass is 9.98. The molecule has 0 unspecified atom stereocenters. The zero-order valence-electron chi connectivity index (χ0n) is 10.5. The average Bonchev–Trinajstić information content (AvgIpc) is 2.38. The average molecular weight is 237 g/mol. The maximum Gasteiger partial charge on any atom is 0.142 e. The fourth-order valence-corrected chi connectivity index (χ4v) is 1.84. The van der Waals surface area contributed by atoms with Crippen LogP contribution >= 0.6 is 0 Å². The van der Waals surface area contributed by atoms with Gasteiger partial charge < -0.3 is 5.73 Å². The van der Waals surface area contributed by atoms with Crippen LogP contribution in [-0.4, -0.2) is 4.98 Å². The van der Waals surface area contributed by atoms with E-state index in [1.165, 1.54) is 0 Å². The van der Waals surface area contributed by atoms with Gasteiger partial charge in [0.1, 0.15) is 17.5 Å². The number of rotatable bonds is 2. The van der Waals surface area contributed by atoms with Gasteiger partial charge in [0.2, 0.25) is 0 Å². The summed E-state index contributed by atoms with van der Waals surface area (Å²) < 4.78 is 0. The van der Waals surface area contributed by atoms with Crippen molar-refractivity contribution in [3.63, 3.8) is 0 Å². The third-order valence-electron chi connectivity index (χ3n) is 2.86. The monoisotopic (exact) mass is 237 g/mol. The maximum absolute atomic E-state index is 9.22. The van der Waals surface area contributed by atoms with Crippen LogP contribution in [0.1, 0.15) is 31.0 Å². The van der Waals surface area contributed by atoms with E-state index in [-0.39, 0.29) is 5.92 Å². The normalized spacial score (nSPS) is 10.3. The fourth-order valence-electron chi connectivity index (χ4n) is 1.84. The first-order valence-corrected chi connectivity index (χ1v) is 5.89. The smallest absolute Gasteiger partial charge is 0.142 e. The van der Waals surface area contributed by atoms with Gasteiger partial charge in [-0.3, -0.25) is 0 Å². The lowest BCUT2D eigenvalue weighted by Crippen LogP contribution is -2.02. The van der Waals surface area contributed by atoms with E-state index in [0.29, 0.717) is 11.4 Å². The van der Waals surface area contributed by atoms with Gasteiger partial charge in [0.15, 0.2) is 0 Å². The predicted molar refractivity (Wildman–Crippen MR) is 72.9 cm³/mol. The quantitative estimate of drug-likeness (QED) is 0.871. The van der Waals surface area contributed by atoms with Gasteiger partial charge in [-0.25, -0.2) is 4.98 Å². The lowest BCUT2D eigenvalue weighted by molar-refractivity contribution is 0.825. The number of anilines is 1. The molecule has 0 aliphatic heterocycles. The van der Waals surface area contributed by atoms with E-state index in [2.05, 4.69) is 24.9 Å². The first-order chi connectivity index (χ1) is 8.63. The standard InChI is InChI=1S/C15H15N3/c1-10(2)14-8-12(11-6-4-3-5-7-11)13(9-16)15(17)18-14/h3-8,10H,1-2H3,(H2,17,18). The van der Waals surface area contributed by atoms with Gasteiger partial charge in [0.05, 0.1) is 0 Å². The molecule has 1 heterocycles. The second-order valence-corrected chi connectivity index (χ2v) is 4.49. The highest BCUT2D eigenvalue weighted by Crippen LogP contribution is 2.29. The van der Waals surface area contributed by atoms with Crippen LogP contribution in [0.2, 0.25) is 0 Å². The number of pyridine rings is 1. The molecule has 1 aromatic carbocycles. The van der Waals surface area contributed by atoms with Crippen molar-refractivity contribution in [3.05, 3.63) is 47.7 Å².